The number of nitrogens with zero attached hydrogens (tertiary/aromatic N) is 3. The lowest BCUT2D eigenvalue weighted by atomic mass is 10.2. The van der Waals surface area contributed by atoms with Crippen LogP contribution in [-0.4, -0.2) is 34.1 Å². The Morgan fingerprint density at radius 2 is 1.87 bits per heavy atom. The highest BCUT2D eigenvalue weighted by atomic mass is 16.6. The van der Waals surface area contributed by atoms with Gasteiger partial charge in [-0.25, -0.2) is 4.98 Å². The van der Waals surface area contributed by atoms with Crippen molar-refractivity contribution in [1.82, 2.24) is 9.71 Å². The summed E-state index contributed by atoms with van der Waals surface area (Å²) in [5.74, 6) is 1.29. The van der Waals surface area contributed by atoms with Gasteiger partial charge in [-0.1, -0.05) is 0 Å². The topological polar surface area (TPSA) is 99.7 Å². The molecule has 0 spiro atoms. The molecule has 1 aromatic heterocycles. The van der Waals surface area contributed by atoms with E-state index < -0.39 is 4.92 Å². The van der Waals surface area contributed by atoms with Gasteiger partial charge < -0.3 is 14.7 Å². The monoisotopic (exact) mass is 315 g/mol. The lowest BCUT2D eigenvalue weighted by Crippen LogP contribution is -1.96. The third kappa shape index (κ3) is 2.39. The van der Waals surface area contributed by atoms with Gasteiger partial charge in [-0.15, -0.1) is 0 Å². The molecule has 0 aliphatic rings. The Labute approximate surface area is 130 Å². The molecule has 0 bridgehead atoms. The minimum absolute atomic E-state index is 0.119. The molecule has 1 N–H and O–H groups in total. The quantitative estimate of drug-likeness (QED) is 0.451. The lowest BCUT2D eigenvalue weighted by molar-refractivity contribution is -0.384. The molecule has 2 aromatic carbocycles. The van der Waals surface area contributed by atoms with Gasteiger partial charge in [0.1, 0.15) is 5.52 Å². The average Bonchev–Trinajstić information content (AvgIpc) is 2.90. The van der Waals surface area contributed by atoms with Gasteiger partial charge >= 0.3 is 0 Å². The zero-order valence-electron chi connectivity index (χ0n) is 12.4. The van der Waals surface area contributed by atoms with E-state index in [1.165, 1.54) is 32.4 Å². The van der Waals surface area contributed by atoms with E-state index in [9.17, 15) is 15.3 Å². The third-order valence-electron chi connectivity index (χ3n) is 3.47. The zero-order valence-corrected chi connectivity index (χ0v) is 12.4. The first-order valence-corrected chi connectivity index (χ1v) is 6.63. The maximum atomic E-state index is 10.9. The van der Waals surface area contributed by atoms with Crippen molar-refractivity contribution in [2.75, 3.05) is 14.2 Å². The molecular formula is C15H13N3O5. The highest BCUT2D eigenvalue weighted by Crippen LogP contribution is 2.33. The summed E-state index contributed by atoms with van der Waals surface area (Å²) in [5.41, 5.74) is 1.17. The second kappa shape index (κ2) is 5.48. The molecule has 0 amide bonds. The van der Waals surface area contributed by atoms with E-state index >= 15 is 0 Å². The van der Waals surface area contributed by atoms with Crippen molar-refractivity contribution < 1.29 is 19.6 Å². The van der Waals surface area contributed by atoms with E-state index in [0.717, 1.165) is 4.73 Å². The van der Waals surface area contributed by atoms with Gasteiger partial charge in [-0.3, -0.25) is 10.1 Å². The molecule has 0 fully saturated rings. The van der Waals surface area contributed by atoms with E-state index in [1.807, 2.05) is 0 Å². The lowest BCUT2D eigenvalue weighted by Gasteiger charge is -2.09. The molecule has 118 valence electrons. The number of methoxy groups -OCH3 is 2. The van der Waals surface area contributed by atoms with E-state index in [0.29, 0.717) is 22.6 Å². The molecule has 1 heterocycles. The molecular weight excluding hydrogens is 302 g/mol. The summed E-state index contributed by atoms with van der Waals surface area (Å²) in [4.78, 5) is 14.6. The number of nitro groups is 1. The molecule has 0 saturated heterocycles. The molecule has 23 heavy (non-hydrogen) atoms. The standard InChI is InChI=1S/C15H13N3O5/c1-22-13-6-3-9(7-14(13)23-2)15-16-11-5-4-10(18(20)21)8-12(11)17(15)19/h3-8,19H,1-2H3. The molecule has 0 aliphatic heterocycles. The van der Waals surface area contributed by atoms with Crippen LogP contribution in [0.2, 0.25) is 0 Å². The van der Waals surface area contributed by atoms with Gasteiger partial charge in [0.05, 0.1) is 24.7 Å². The zero-order chi connectivity index (χ0) is 16.6. The fourth-order valence-corrected chi connectivity index (χ4v) is 2.33. The Balaban J connectivity index is 2.17. The van der Waals surface area contributed by atoms with Gasteiger partial charge in [0.25, 0.3) is 5.69 Å². The molecule has 8 nitrogen and oxygen atoms in total. The van der Waals surface area contributed by atoms with E-state index in [1.54, 1.807) is 18.2 Å². The number of hydrogen-bond acceptors (Lipinski definition) is 6. The van der Waals surface area contributed by atoms with Crippen molar-refractivity contribution in [1.29, 1.82) is 0 Å². The predicted molar refractivity (Wildman–Crippen MR) is 82.1 cm³/mol. The number of benzene rings is 2. The van der Waals surface area contributed by atoms with Crippen LogP contribution in [0.4, 0.5) is 5.69 Å². The van der Waals surface area contributed by atoms with Crippen LogP contribution < -0.4 is 9.47 Å². The number of ether oxygens (including phenoxy) is 2. The second-order valence-corrected chi connectivity index (χ2v) is 4.75. The minimum atomic E-state index is -0.525. The van der Waals surface area contributed by atoms with Crippen molar-refractivity contribution in [2.24, 2.45) is 0 Å². The van der Waals surface area contributed by atoms with Crippen LogP contribution in [0.3, 0.4) is 0 Å². The SMILES string of the molecule is COc1ccc(-c2nc3ccc([N+](=O)[O-])cc3n2O)cc1OC. The highest BCUT2D eigenvalue weighted by molar-refractivity contribution is 5.82. The summed E-state index contributed by atoms with van der Waals surface area (Å²) >= 11 is 0. The first kappa shape index (κ1) is 14.6. The number of aromatic nitrogens is 2. The molecule has 0 aliphatic carbocycles. The van der Waals surface area contributed by atoms with Crippen molar-refractivity contribution in [3.63, 3.8) is 0 Å². The number of imidazole rings is 1. The minimum Gasteiger partial charge on any atom is -0.493 e. The molecule has 0 atom stereocenters. The number of non-ortho nitro benzene ring substituents is 1. The molecule has 0 radical (unpaired) electrons. The Bertz CT molecular complexity index is 904. The summed E-state index contributed by atoms with van der Waals surface area (Å²) in [6.07, 6.45) is 0. The van der Waals surface area contributed by atoms with Crippen LogP contribution in [0.25, 0.3) is 22.4 Å². The van der Waals surface area contributed by atoms with Crippen molar-refractivity contribution in [2.45, 2.75) is 0 Å². The van der Waals surface area contributed by atoms with Crippen LogP contribution >= 0.6 is 0 Å². The summed E-state index contributed by atoms with van der Waals surface area (Å²) < 4.78 is 11.2. The van der Waals surface area contributed by atoms with E-state index in [4.69, 9.17) is 9.47 Å². The molecule has 8 heteroatoms. The van der Waals surface area contributed by atoms with Gasteiger partial charge in [0.2, 0.25) is 0 Å². The molecule has 0 unspecified atom stereocenters. The van der Waals surface area contributed by atoms with Crippen molar-refractivity contribution >= 4 is 16.7 Å². The van der Waals surface area contributed by atoms with Crippen LogP contribution in [0.5, 0.6) is 11.5 Å². The largest absolute Gasteiger partial charge is 0.493 e. The average molecular weight is 315 g/mol. The second-order valence-electron chi connectivity index (χ2n) is 4.75. The predicted octanol–water partition coefficient (Wildman–Crippen LogP) is 2.87. The first-order chi connectivity index (χ1) is 11.0. The van der Waals surface area contributed by atoms with Crippen molar-refractivity contribution in [3.8, 4) is 22.9 Å². The Morgan fingerprint density at radius 1 is 1.13 bits per heavy atom. The van der Waals surface area contributed by atoms with E-state index in [2.05, 4.69) is 4.98 Å². The van der Waals surface area contributed by atoms with Crippen LogP contribution in [0.1, 0.15) is 0 Å². The fourth-order valence-electron chi connectivity index (χ4n) is 2.33. The molecule has 0 saturated carbocycles. The highest BCUT2D eigenvalue weighted by Gasteiger charge is 2.17. The summed E-state index contributed by atoms with van der Waals surface area (Å²) in [5, 5.41) is 21.1. The van der Waals surface area contributed by atoms with Gasteiger partial charge in [-0.2, -0.15) is 4.73 Å². The number of rotatable bonds is 4. The summed E-state index contributed by atoms with van der Waals surface area (Å²) in [7, 11) is 3.03. The summed E-state index contributed by atoms with van der Waals surface area (Å²) in [6.45, 7) is 0. The van der Waals surface area contributed by atoms with Crippen LogP contribution in [-0.2, 0) is 0 Å². The van der Waals surface area contributed by atoms with Gasteiger partial charge in [-0.05, 0) is 24.3 Å². The maximum absolute atomic E-state index is 10.9. The normalized spacial score (nSPS) is 10.7. The summed E-state index contributed by atoms with van der Waals surface area (Å²) in [6, 6.07) is 9.17. The Kier molecular flexibility index (Phi) is 3.49. The number of fused-ring (bicyclic) bond motifs is 1. The molecule has 3 rings (SSSR count). The number of hydrogen-bond donors (Lipinski definition) is 1. The maximum Gasteiger partial charge on any atom is 0.271 e. The van der Waals surface area contributed by atoms with Gasteiger partial charge in [0.15, 0.2) is 17.3 Å². The van der Waals surface area contributed by atoms with Crippen LogP contribution in [0.15, 0.2) is 36.4 Å². The fraction of sp³-hybridized carbons (Fsp3) is 0.133. The van der Waals surface area contributed by atoms with Crippen molar-refractivity contribution in [3.05, 3.63) is 46.5 Å². The smallest absolute Gasteiger partial charge is 0.271 e. The van der Waals surface area contributed by atoms with Crippen LogP contribution in [0, 0.1) is 10.1 Å². The third-order valence-corrected chi connectivity index (χ3v) is 3.47. The number of nitro benzene ring substituents is 1. The Hall–Kier alpha value is -3.29. The van der Waals surface area contributed by atoms with Gasteiger partial charge in [0, 0.05) is 17.7 Å². The molecule has 3 aromatic rings. The Morgan fingerprint density at radius 3 is 2.52 bits per heavy atom. The first-order valence-electron chi connectivity index (χ1n) is 6.63. The van der Waals surface area contributed by atoms with E-state index in [-0.39, 0.29) is 17.0 Å².